The third-order valence-electron chi connectivity index (χ3n) is 2.58. The lowest BCUT2D eigenvalue weighted by molar-refractivity contribution is 0.268. The number of aromatic amines is 1. The van der Waals surface area contributed by atoms with Crippen LogP contribution in [0.15, 0.2) is 18.5 Å². The quantitative estimate of drug-likeness (QED) is 0.610. The molecular weight excluding hydrogens is 150 g/mol. The highest BCUT2D eigenvalue weighted by Gasteiger charge is 2.26. The van der Waals surface area contributed by atoms with E-state index in [1.807, 2.05) is 13.2 Å². The lowest BCUT2D eigenvalue weighted by atomic mass is 9.90. The number of hydrogen-bond donors (Lipinski definition) is 3. The van der Waals surface area contributed by atoms with Crippen molar-refractivity contribution in [3.05, 3.63) is 24.0 Å². The topological polar surface area (TPSA) is 39.9 Å². The van der Waals surface area contributed by atoms with E-state index >= 15 is 0 Å². The monoisotopic (exact) mass is 165 g/mol. The molecule has 3 heteroatoms. The van der Waals surface area contributed by atoms with E-state index in [0.29, 0.717) is 6.04 Å². The minimum atomic E-state index is 0.512. The van der Waals surface area contributed by atoms with Crippen LogP contribution in [0.5, 0.6) is 0 Å². The van der Waals surface area contributed by atoms with Crippen molar-refractivity contribution in [3.8, 4) is 0 Å². The van der Waals surface area contributed by atoms with Crippen molar-refractivity contribution >= 4 is 0 Å². The molecule has 1 atom stereocenters. The van der Waals surface area contributed by atoms with E-state index in [1.165, 1.54) is 5.56 Å². The Morgan fingerprint density at radius 3 is 2.83 bits per heavy atom. The van der Waals surface area contributed by atoms with E-state index in [-0.39, 0.29) is 0 Å². The molecule has 1 fully saturated rings. The van der Waals surface area contributed by atoms with Crippen molar-refractivity contribution < 1.29 is 0 Å². The largest absolute Gasteiger partial charge is 0.367 e. The van der Waals surface area contributed by atoms with Gasteiger partial charge in [0.15, 0.2) is 0 Å². The molecule has 66 valence electrons. The summed E-state index contributed by atoms with van der Waals surface area (Å²) >= 11 is 0. The number of rotatable bonds is 3. The standard InChI is InChI=1S/C9H15N3/c1-10-9(8-5-12-6-8)7-2-3-11-4-7/h2-4,8-12H,5-6H2,1H3. The minimum absolute atomic E-state index is 0.512. The van der Waals surface area contributed by atoms with Gasteiger partial charge in [-0.15, -0.1) is 0 Å². The van der Waals surface area contributed by atoms with Gasteiger partial charge in [0, 0.05) is 37.4 Å². The molecule has 3 N–H and O–H groups in total. The van der Waals surface area contributed by atoms with Crippen LogP contribution in [-0.2, 0) is 0 Å². The van der Waals surface area contributed by atoms with E-state index in [1.54, 1.807) is 0 Å². The molecule has 0 aliphatic carbocycles. The average molecular weight is 165 g/mol. The molecule has 1 unspecified atom stereocenters. The van der Waals surface area contributed by atoms with Crippen LogP contribution in [0.4, 0.5) is 0 Å². The molecule has 0 radical (unpaired) electrons. The summed E-state index contributed by atoms with van der Waals surface area (Å²) in [5.74, 6) is 0.755. The summed E-state index contributed by atoms with van der Waals surface area (Å²) in [6.45, 7) is 2.27. The van der Waals surface area contributed by atoms with Crippen LogP contribution in [0.1, 0.15) is 11.6 Å². The van der Waals surface area contributed by atoms with Crippen molar-refractivity contribution in [2.75, 3.05) is 20.1 Å². The molecule has 1 saturated heterocycles. The van der Waals surface area contributed by atoms with Gasteiger partial charge in [-0.05, 0) is 18.7 Å². The molecule has 0 saturated carbocycles. The minimum Gasteiger partial charge on any atom is -0.367 e. The Morgan fingerprint density at radius 2 is 2.42 bits per heavy atom. The van der Waals surface area contributed by atoms with Gasteiger partial charge in [0.05, 0.1) is 0 Å². The zero-order chi connectivity index (χ0) is 8.39. The van der Waals surface area contributed by atoms with Gasteiger partial charge in [0.1, 0.15) is 0 Å². The summed E-state index contributed by atoms with van der Waals surface area (Å²) < 4.78 is 0. The first-order chi connectivity index (χ1) is 5.92. The Kier molecular flexibility index (Phi) is 2.15. The number of hydrogen-bond acceptors (Lipinski definition) is 2. The van der Waals surface area contributed by atoms with Gasteiger partial charge in [0.25, 0.3) is 0 Å². The average Bonchev–Trinajstić information content (AvgIpc) is 2.47. The van der Waals surface area contributed by atoms with E-state index in [4.69, 9.17) is 0 Å². The Hall–Kier alpha value is -0.800. The molecule has 0 aromatic carbocycles. The molecule has 1 aliphatic heterocycles. The zero-order valence-electron chi connectivity index (χ0n) is 7.30. The van der Waals surface area contributed by atoms with Gasteiger partial charge in [-0.25, -0.2) is 0 Å². The lowest BCUT2D eigenvalue weighted by Gasteiger charge is -2.34. The Balaban J connectivity index is 2.07. The Labute approximate surface area is 72.6 Å². The highest BCUT2D eigenvalue weighted by molar-refractivity contribution is 5.16. The summed E-state index contributed by atoms with van der Waals surface area (Å²) in [5.41, 5.74) is 1.36. The normalized spacial score (nSPS) is 20.4. The molecule has 1 aromatic rings. The van der Waals surface area contributed by atoms with Gasteiger partial charge < -0.3 is 15.6 Å². The second kappa shape index (κ2) is 3.29. The molecule has 1 aromatic heterocycles. The summed E-state index contributed by atoms with van der Waals surface area (Å²) in [6.07, 6.45) is 4.05. The molecule has 3 nitrogen and oxygen atoms in total. The van der Waals surface area contributed by atoms with Crippen LogP contribution in [-0.4, -0.2) is 25.1 Å². The first kappa shape index (κ1) is 7.83. The molecular formula is C9H15N3. The van der Waals surface area contributed by atoms with Gasteiger partial charge in [-0.1, -0.05) is 0 Å². The maximum atomic E-state index is 3.35. The first-order valence-electron chi connectivity index (χ1n) is 4.42. The van der Waals surface area contributed by atoms with Gasteiger partial charge in [-0.3, -0.25) is 0 Å². The van der Waals surface area contributed by atoms with Crippen molar-refractivity contribution in [3.63, 3.8) is 0 Å². The van der Waals surface area contributed by atoms with Gasteiger partial charge in [0.2, 0.25) is 0 Å². The van der Waals surface area contributed by atoms with Crippen molar-refractivity contribution in [1.82, 2.24) is 15.6 Å². The second-order valence-electron chi connectivity index (χ2n) is 3.33. The van der Waals surface area contributed by atoms with Gasteiger partial charge in [-0.2, -0.15) is 0 Å². The van der Waals surface area contributed by atoms with Crippen LogP contribution in [0.3, 0.4) is 0 Å². The van der Waals surface area contributed by atoms with Crippen LogP contribution in [0.2, 0.25) is 0 Å². The molecule has 0 amide bonds. The fourth-order valence-corrected chi connectivity index (χ4v) is 1.75. The van der Waals surface area contributed by atoms with Crippen molar-refractivity contribution in [2.24, 2.45) is 5.92 Å². The molecule has 0 bridgehead atoms. The number of nitrogens with one attached hydrogen (secondary N) is 3. The second-order valence-corrected chi connectivity index (χ2v) is 3.33. The number of aromatic nitrogens is 1. The third-order valence-corrected chi connectivity index (χ3v) is 2.58. The molecule has 2 rings (SSSR count). The van der Waals surface area contributed by atoms with Crippen LogP contribution in [0, 0.1) is 5.92 Å². The Bertz CT molecular complexity index is 226. The summed E-state index contributed by atoms with van der Waals surface area (Å²) in [6, 6.07) is 2.65. The fraction of sp³-hybridized carbons (Fsp3) is 0.556. The third kappa shape index (κ3) is 1.26. The maximum absolute atomic E-state index is 3.35. The first-order valence-corrected chi connectivity index (χ1v) is 4.42. The fourth-order valence-electron chi connectivity index (χ4n) is 1.75. The van der Waals surface area contributed by atoms with Crippen molar-refractivity contribution in [2.45, 2.75) is 6.04 Å². The van der Waals surface area contributed by atoms with E-state index < -0.39 is 0 Å². The smallest absolute Gasteiger partial charge is 0.0385 e. The van der Waals surface area contributed by atoms with Crippen LogP contribution < -0.4 is 10.6 Å². The van der Waals surface area contributed by atoms with Crippen LogP contribution >= 0.6 is 0 Å². The summed E-state index contributed by atoms with van der Waals surface area (Å²) in [4.78, 5) is 3.09. The highest BCUT2D eigenvalue weighted by Crippen LogP contribution is 2.23. The van der Waals surface area contributed by atoms with Crippen LogP contribution in [0.25, 0.3) is 0 Å². The summed E-state index contributed by atoms with van der Waals surface area (Å²) in [5, 5.41) is 6.63. The lowest BCUT2D eigenvalue weighted by Crippen LogP contribution is -2.48. The molecule has 2 heterocycles. The molecule has 1 aliphatic rings. The Morgan fingerprint density at radius 1 is 1.58 bits per heavy atom. The molecule has 0 spiro atoms. The van der Waals surface area contributed by atoms with Gasteiger partial charge >= 0.3 is 0 Å². The predicted molar refractivity (Wildman–Crippen MR) is 49.0 cm³/mol. The van der Waals surface area contributed by atoms with E-state index in [2.05, 4.69) is 27.9 Å². The number of H-pyrrole nitrogens is 1. The zero-order valence-corrected chi connectivity index (χ0v) is 7.30. The van der Waals surface area contributed by atoms with E-state index in [0.717, 1.165) is 19.0 Å². The maximum Gasteiger partial charge on any atom is 0.0385 e. The summed E-state index contributed by atoms with van der Waals surface area (Å²) in [7, 11) is 2.02. The highest BCUT2D eigenvalue weighted by atomic mass is 15.0. The predicted octanol–water partition coefficient (Wildman–Crippen LogP) is 0.495. The van der Waals surface area contributed by atoms with E-state index in [9.17, 15) is 0 Å². The van der Waals surface area contributed by atoms with Crippen molar-refractivity contribution in [1.29, 1.82) is 0 Å². The SMILES string of the molecule is CNC(c1cc[nH]c1)C1CNC1. The molecule has 12 heavy (non-hydrogen) atoms.